The number of aromatic nitrogens is 2. The summed E-state index contributed by atoms with van der Waals surface area (Å²) >= 11 is 0. The Labute approximate surface area is 142 Å². The van der Waals surface area contributed by atoms with Crippen molar-refractivity contribution >= 4 is 0 Å². The second kappa shape index (κ2) is 7.07. The minimum atomic E-state index is -0.200. The van der Waals surface area contributed by atoms with Crippen molar-refractivity contribution < 1.29 is 9.47 Å². The summed E-state index contributed by atoms with van der Waals surface area (Å²) in [5.41, 5.74) is 0.515. The molecule has 1 aromatic carbocycles. The van der Waals surface area contributed by atoms with Crippen molar-refractivity contribution in [2.24, 2.45) is 5.92 Å². The highest BCUT2D eigenvalue weighted by Gasteiger charge is 2.33. The molecular weight excluding hydrogens is 304 g/mol. The van der Waals surface area contributed by atoms with Crippen molar-refractivity contribution in [1.82, 2.24) is 9.55 Å². The van der Waals surface area contributed by atoms with Gasteiger partial charge in [0.2, 0.25) is 0 Å². The molecule has 5 nitrogen and oxygen atoms in total. The molecule has 0 spiro atoms. The zero-order valence-electron chi connectivity index (χ0n) is 14.4. The first-order chi connectivity index (χ1) is 11.6. The highest BCUT2D eigenvalue weighted by atomic mass is 16.6. The number of benzene rings is 1. The van der Waals surface area contributed by atoms with E-state index < -0.39 is 0 Å². The Morgan fingerprint density at radius 3 is 2.75 bits per heavy atom. The summed E-state index contributed by atoms with van der Waals surface area (Å²) in [5.74, 6) is 1.31. The van der Waals surface area contributed by atoms with Crippen LogP contribution in [-0.2, 0) is 13.0 Å². The summed E-state index contributed by atoms with van der Waals surface area (Å²) in [6, 6.07) is 10.2. The minimum absolute atomic E-state index is 0.0886. The summed E-state index contributed by atoms with van der Waals surface area (Å²) in [6.07, 6.45) is 3.17. The van der Waals surface area contributed by atoms with Crippen LogP contribution in [-0.4, -0.2) is 21.8 Å². The van der Waals surface area contributed by atoms with Gasteiger partial charge in [-0.3, -0.25) is 9.36 Å². The van der Waals surface area contributed by atoms with E-state index in [0.29, 0.717) is 30.5 Å². The maximum absolute atomic E-state index is 11.9. The molecule has 0 aliphatic carbocycles. The number of hydrogen-bond acceptors (Lipinski definition) is 4. The first kappa shape index (κ1) is 16.6. The molecule has 5 heteroatoms. The van der Waals surface area contributed by atoms with Crippen LogP contribution >= 0.6 is 0 Å². The number of fused-ring (bicyclic) bond motifs is 1. The first-order valence-electron chi connectivity index (χ1n) is 8.55. The number of rotatable bonds is 6. The maximum Gasteiger partial charge on any atom is 0.300 e. The molecule has 0 saturated carbocycles. The third-order valence-corrected chi connectivity index (χ3v) is 4.19. The van der Waals surface area contributed by atoms with Crippen LogP contribution in [0.25, 0.3) is 0 Å². The fourth-order valence-corrected chi connectivity index (χ4v) is 2.96. The van der Waals surface area contributed by atoms with Crippen LogP contribution in [0.1, 0.15) is 32.8 Å². The quantitative estimate of drug-likeness (QED) is 0.818. The third-order valence-electron chi connectivity index (χ3n) is 4.19. The average Bonchev–Trinajstić information content (AvgIpc) is 2.96. The van der Waals surface area contributed by atoms with Gasteiger partial charge in [0, 0.05) is 11.8 Å². The van der Waals surface area contributed by atoms with E-state index in [2.05, 4.69) is 18.8 Å². The van der Waals surface area contributed by atoms with Gasteiger partial charge in [0.15, 0.2) is 6.10 Å². The predicted octanol–water partition coefficient (Wildman–Crippen LogP) is 3.06. The van der Waals surface area contributed by atoms with Crippen molar-refractivity contribution in [2.45, 2.75) is 52.4 Å². The average molecular weight is 328 g/mol. The number of ether oxygens (including phenoxy) is 2. The largest absolute Gasteiger partial charge is 0.486 e. The van der Waals surface area contributed by atoms with E-state index in [1.807, 2.05) is 48.0 Å². The molecule has 0 fully saturated rings. The molecule has 0 N–H and O–H groups in total. The number of para-hydroxylation sites is 1. The van der Waals surface area contributed by atoms with E-state index in [4.69, 9.17) is 9.47 Å². The van der Waals surface area contributed by atoms with Crippen LogP contribution in [0.4, 0.5) is 0 Å². The second-order valence-electron chi connectivity index (χ2n) is 6.61. The standard InChI is InChI=1S/C19H24N2O3/c1-4-14-11-21-12-17(24-19(21)20-18(14)22)16(10-13(2)3)23-15-8-6-5-7-9-15/h5-9,11,13,16-17H,4,10,12H2,1-3H3. The van der Waals surface area contributed by atoms with Crippen molar-refractivity contribution in [3.63, 3.8) is 0 Å². The van der Waals surface area contributed by atoms with Crippen molar-refractivity contribution in [3.05, 3.63) is 52.4 Å². The maximum atomic E-state index is 11.9. The third kappa shape index (κ3) is 3.61. The normalized spacial score (nSPS) is 17.4. The van der Waals surface area contributed by atoms with Crippen LogP contribution in [0, 0.1) is 5.92 Å². The molecule has 0 radical (unpaired) electrons. The number of aryl methyl sites for hydroxylation is 1. The lowest BCUT2D eigenvalue weighted by atomic mass is 10.0. The van der Waals surface area contributed by atoms with Gasteiger partial charge < -0.3 is 9.47 Å². The summed E-state index contributed by atoms with van der Waals surface area (Å²) in [6.45, 7) is 6.94. The van der Waals surface area contributed by atoms with Gasteiger partial charge in [0.1, 0.15) is 11.9 Å². The van der Waals surface area contributed by atoms with E-state index in [-0.39, 0.29) is 17.8 Å². The molecule has 2 unspecified atom stereocenters. The Morgan fingerprint density at radius 2 is 2.08 bits per heavy atom. The fraction of sp³-hybridized carbons (Fsp3) is 0.474. The Hall–Kier alpha value is -2.30. The molecule has 2 aromatic rings. The lowest BCUT2D eigenvalue weighted by Gasteiger charge is -2.25. The van der Waals surface area contributed by atoms with E-state index >= 15 is 0 Å². The summed E-state index contributed by atoms with van der Waals surface area (Å²) in [5, 5.41) is 0. The van der Waals surface area contributed by atoms with Gasteiger partial charge in [-0.25, -0.2) is 0 Å². The lowest BCUT2D eigenvalue weighted by Crippen LogP contribution is -2.37. The van der Waals surface area contributed by atoms with Gasteiger partial charge in [0.25, 0.3) is 11.6 Å². The molecule has 3 rings (SSSR count). The SMILES string of the molecule is CCc1cn2c(nc1=O)OC(C(CC(C)C)Oc1ccccc1)C2. The van der Waals surface area contributed by atoms with Crippen molar-refractivity contribution in [2.75, 3.05) is 0 Å². The van der Waals surface area contributed by atoms with Gasteiger partial charge in [-0.05, 0) is 30.9 Å². The molecular formula is C19H24N2O3. The van der Waals surface area contributed by atoms with E-state index in [1.165, 1.54) is 0 Å². The van der Waals surface area contributed by atoms with Crippen LogP contribution in [0.5, 0.6) is 11.8 Å². The van der Waals surface area contributed by atoms with E-state index in [1.54, 1.807) is 0 Å². The Morgan fingerprint density at radius 1 is 1.33 bits per heavy atom. The predicted molar refractivity (Wildman–Crippen MR) is 92.6 cm³/mol. The van der Waals surface area contributed by atoms with Crippen LogP contribution < -0.4 is 15.0 Å². The molecule has 24 heavy (non-hydrogen) atoms. The second-order valence-corrected chi connectivity index (χ2v) is 6.61. The summed E-state index contributed by atoms with van der Waals surface area (Å²) in [4.78, 5) is 16.0. The molecule has 1 aliphatic heterocycles. The molecule has 2 heterocycles. The molecule has 2 atom stereocenters. The molecule has 128 valence electrons. The summed E-state index contributed by atoms with van der Waals surface area (Å²) < 4.78 is 14.1. The van der Waals surface area contributed by atoms with E-state index in [9.17, 15) is 4.79 Å². The zero-order valence-corrected chi connectivity index (χ0v) is 14.4. The Balaban J connectivity index is 1.80. The van der Waals surface area contributed by atoms with Crippen molar-refractivity contribution in [1.29, 1.82) is 0 Å². The number of nitrogens with zero attached hydrogens (tertiary/aromatic N) is 2. The van der Waals surface area contributed by atoms with Crippen LogP contribution in [0.2, 0.25) is 0 Å². The lowest BCUT2D eigenvalue weighted by molar-refractivity contribution is 0.0508. The molecule has 1 aromatic heterocycles. The van der Waals surface area contributed by atoms with Gasteiger partial charge in [-0.15, -0.1) is 0 Å². The topological polar surface area (TPSA) is 53.4 Å². The van der Waals surface area contributed by atoms with Crippen LogP contribution in [0.15, 0.2) is 41.3 Å². The molecule has 0 amide bonds. The van der Waals surface area contributed by atoms with Crippen molar-refractivity contribution in [3.8, 4) is 11.8 Å². The van der Waals surface area contributed by atoms with Gasteiger partial charge in [-0.1, -0.05) is 39.0 Å². The van der Waals surface area contributed by atoms with Gasteiger partial charge >= 0.3 is 0 Å². The number of hydrogen-bond donors (Lipinski definition) is 0. The molecule has 0 bridgehead atoms. The smallest absolute Gasteiger partial charge is 0.300 e. The van der Waals surface area contributed by atoms with Gasteiger partial charge in [-0.2, -0.15) is 4.98 Å². The fourth-order valence-electron chi connectivity index (χ4n) is 2.96. The minimum Gasteiger partial charge on any atom is -0.486 e. The van der Waals surface area contributed by atoms with Crippen LogP contribution in [0.3, 0.4) is 0 Å². The molecule has 1 aliphatic rings. The highest BCUT2D eigenvalue weighted by Crippen LogP contribution is 2.26. The Kier molecular flexibility index (Phi) is 4.88. The van der Waals surface area contributed by atoms with E-state index in [0.717, 1.165) is 12.2 Å². The monoisotopic (exact) mass is 328 g/mol. The first-order valence-corrected chi connectivity index (χ1v) is 8.55. The molecule has 0 saturated heterocycles. The summed E-state index contributed by atoms with van der Waals surface area (Å²) in [7, 11) is 0. The van der Waals surface area contributed by atoms with Gasteiger partial charge in [0.05, 0.1) is 6.54 Å². The zero-order chi connectivity index (χ0) is 17.1. The Bertz CT molecular complexity index is 740. The highest BCUT2D eigenvalue weighted by molar-refractivity contribution is 5.22.